The van der Waals surface area contributed by atoms with Crippen molar-refractivity contribution >= 4 is 34.3 Å². The highest BCUT2D eigenvalue weighted by atomic mass is 32.2. The molecular formula is C17H13F2N3O2S. The van der Waals surface area contributed by atoms with Crippen molar-refractivity contribution in [3.63, 3.8) is 0 Å². The van der Waals surface area contributed by atoms with Gasteiger partial charge in [0.15, 0.2) is 16.8 Å². The van der Waals surface area contributed by atoms with Gasteiger partial charge in [0.05, 0.1) is 16.7 Å². The van der Waals surface area contributed by atoms with Crippen molar-refractivity contribution in [2.24, 2.45) is 7.05 Å². The molecule has 0 aliphatic heterocycles. The van der Waals surface area contributed by atoms with Crippen LogP contribution in [0.1, 0.15) is 0 Å². The van der Waals surface area contributed by atoms with Crippen LogP contribution in [0.2, 0.25) is 0 Å². The lowest BCUT2D eigenvalue weighted by atomic mass is 10.2. The second-order valence-corrected chi connectivity index (χ2v) is 6.18. The van der Waals surface area contributed by atoms with Crippen molar-refractivity contribution in [2.45, 2.75) is 5.16 Å². The Hall–Kier alpha value is -2.74. The maximum atomic E-state index is 13.1. The molecule has 0 saturated heterocycles. The van der Waals surface area contributed by atoms with E-state index in [0.29, 0.717) is 16.1 Å². The van der Waals surface area contributed by atoms with E-state index in [9.17, 15) is 18.4 Å². The average Bonchev–Trinajstić information content (AvgIpc) is 2.60. The SMILES string of the molecule is Cn1c(SCC(=O)Nc2ccc(F)c(F)c2)nc2ccccc2c1=O. The van der Waals surface area contributed by atoms with Gasteiger partial charge in [-0.2, -0.15) is 0 Å². The van der Waals surface area contributed by atoms with Gasteiger partial charge in [-0.05, 0) is 24.3 Å². The van der Waals surface area contributed by atoms with Crippen molar-refractivity contribution in [3.8, 4) is 0 Å². The topological polar surface area (TPSA) is 64.0 Å². The number of rotatable bonds is 4. The summed E-state index contributed by atoms with van der Waals surface area (Å²) in [4.78, 5) is 28.6. The molecule has 1 aromatic heterocycles. The van der Waals surface area contributed by atoms with Crippen LogP contribution in [-0.2, 0) is 11.8 Å². The second-order valence-electron chi connectivity index (χ2n) is 5.24. The summed E-state index contributed by atoms with van der Waals surface area (Å²) >= 11 is 1.08. The van der Waals surface area contributed by atoms with E-state index in [0.717, 1.165) is 23.9 Å². The molecule has 0 bridgehead atoms. The normalized spacial score (nSPS) is 10.8. The third kappa shape index (κ3) is 3.69. The Kier molecular flexibility index (Phi) is 4.80. The highest BCUT2D eigenvalue weighted by Gasteiger charge is 2.11. The van der Waals surface area contributed by atoms with Crippen LogP contribution in [0.4, 0.5) is 14.5 Å². The predicted octanol–water partition coefficient (Wildman–Crippen LogP) is 2.94. The van der Waals surface area contributed by atoms with Gasteiger partial charge in [-0.25, -0.2) is 13.8 Å². The summed E-state index contributed by atoms with van der Waals surface area (Å²) in [5.41, 5.74) is 0.507. The van der Waals surface area contributed by atoms with Crippen molar-refractivity contribution < 1.29 is 13.6 Å². The van der Waals surface area contributed by atoms with Crippen LogP contribution in [-0.4, -0.2) is 21.2 Å². The fourth-order valence-corrected chi connectivity index (χ4v) is 3.00. The summed E-state index contributed by atoms with van der Waals surface area (Å²) in [5, 5.41) is 3.36. The lowest BCUT2D eigenvalue weighted by Crippen LogP contribution is -2.21. The molecule has 1 N–H and O–H groups in total. The molecule has 1 amide bonds. The van der Waals surface area contributed by atoms with Gasteiger partial charge < -0.3 is 5.32 Å². The number of halogens is 2. The number of hydrogen-bond donors (Lipinski definition) is 1. The van der Waals surface area contributed by atoms with Crippen molar-refractivity contribution in [1.29, 1.82) is 0 Å². The molecule has 8 heteroatoms. The number of aromatic nitrogens is 2. The van der Waals surface area contributed by atoms with E-state index < -0.39 is 17.5 Å². The molecule has 128 valence electrons. The first-order chi connectivity index (χ1) is 12.0. The Labute approximate surface area is 145 Å². The van der Waals surface area contributed by atoms with Gasteiger partial charge in [0.25, 0.3) is 5.56 Å². The first-order valence-corrected chi connectivity index (χ1v) is 8.28. The van der Waals surface area contributed by atoms with E-state index in [2.05, 4.69) is 10.3 Å². The fourth-order valence-electron chi connectivity index (χ4n) is 2.23. The number of carbonyl (C=O) groups is 1. The van der Waals surface area contributed by atoms with Gasteiger partial charge in [-0.1, -0.05) is 23.9 Å². The van der Waals surface area contributed by atoms with Gasteiger partial charge in [-0.3, -0.25) is 14.2 Å². The molecular weight excluding hydrogens is 348 g/mol. The fraction of sp³-hybridized carbons (Fsp3) is 0.118. The minimum Gasteiger partial charge on any atom is -0.325 e. The van der Waals surface area contributed by atoms with E-state index in [-0.39, 0.29) is 17.0 Å². The van der Waals surface area contributed by atoms with E-state index in [4.69, 9.17) is 0 Å². The number of benzene rings is 2. The summed E-state index contributed by atoms with van der Waals surface area (Å²) in [6.45, 7) is 0. The predicted molar refractivity (Wildman–Crippen MR) is 92.7 cm³/mol. The lowest BCUT2D eigenvalue weighted by Gasteiger charge is -2.09. The molecule has 3 aromatic rings. The first-order valence-electron chi connectivity index (χ1n) is 7.29. The van der Waals surface area contributed by atoms with Gasteiger partial charge in [0.2, 0.25) is 5.91 Å². The molecule has 0 spiro atoms. The third-order valence-electron chi connectivity index (χ3n) is 3.48. The van der Waals surface area contributed by atoms with Crippen LogP contribution in [0.15, 0.2) is 52.4 Å². The molecule has 0 aliphatic rings. The Balaban J connectivity index is 1.73. The number of thioether (sulfide) groups is 1. The zero-order chi connectivity index (χ0) is 18.0. The minimum absolute atomic E-state index is 0.0301. The summed E-state index contributed by atoms with van der Waals surface area (Å²) in [7, 11) is 1.58. The maximum absolute atomic E-state index is 13.1. The zero-order valence-electron chi connectivity index (χ0n) is 13.1. The Bertz CT molecular complexity index is 1020. The Morgan fingerprint density at radius 2 is 1.96 bits per heavy atom. The number of amides is 1. The maximum Gasteiger partial charge on any atom is 0.261 e. The van der Waals surface area contributed by atoms with Gasteiger partial charge in [-0.15, -0.1) is 0 Å². The molecule has 0 unspecified atom stereocenters. The first kappa shape index (κ1) is 17.1. The largest absolute Gasteiger partial charge is 0.325 e. The molecule has 3 rings (SSSR count). The number of nitrogens with zero attached hydrogens (tertiary/aromatic N) is 2. The molecule has 0 radical (unpaired) electrons. The molecule has 0 aliphatic carbocycles. The molecule has 0 saturated carbocycles. The van der Waals surface area contributed by atoms with Crippen molar-refractivity contribution in [2.75, 3.05) is 11.1 Å². The average molecular weight is 361 g/mol. The van der Waals surface area contributed by atoms with Crippen LogP contribution in [0.5, 0.6) is 0 Å². The lowest BCUT2D eigenvalue weighted by molar-refractivity contribution is -0.113. The van der Waals surface area contributed by atoms with Crippen LogP contribution in [0.25, 0.3) is 10.9 Å². The molecule has 2 aromatic carbocycles. The van der Waals surface area contributed by atoms with E-state index in [1.54, 1.807) is 31.3 Å². The number of para-hydroxylation sites is 1. The highest BCUT2D eigenvalue weighted by Crippen LogP contribution is 2.18. The summed E-state index contributed by atoms with van der Waals surface area (Å²) in [6, 6.07) is 10.1. The number of hydrogen-bond acceptors (Lipinski definition) is 4. The zero-order valence-corrected chi connectivity index (χ0v) is 13.9. The van der Waals surface area contributed by atoms with Crippen LogP contribution in [0, 0.1) is 11.6 Å². The van der Waals surface area contributed by atoms with Gasteiger partial charge in [0, 0.05) is 18.8 Å². The third-order valence-corrected chi connectivity index (χ3v) is 4.51. The molecule has 5 nitrogen and oxygen atoms in total. The summed E-state index contributed by atoms with van der Waals surface area (Å²) < 4.78 is 27.4. The molecule has 0 atom stereocenters. The van der Waals surface area contributed by atoms with Crippen LogP contribution >= 0.6 is 11.8 Å². The minimum atomic E-state index is -1.04. The second kappa shape index (κ2) is 7.02. The smallest absolute Gasteiger partial charge is 0.261 e. The molecule has 0 fully saturated rings. The molecule has 1 heterocycles. The molecule has 25 heavy (non-hydrogen) atoms. The monoisotopic (exact) mass is 361 g/mol. The number of nitrogens with one attached hydrogen (secondary N) is 1. The van der Waals surface area contributed by atoms with E-state index in [1.165, 1.54) is 10.6 Å². The van der Waals surface area contributed by atoms with Gasteiger partial charge >= 0.3 is 0 Å². The Morgan fingerprint density at radius 3 is 2.72 bits per heavy atom. The quantitative estimate of drug-likeness (QED) is 0.573. The Morgan fingerprint density at radius 1 is 1.20 bits per heavy atom. The van der Waals surface area contributed by atoms with Gasteiger partial charge in [0.1, 0.15) is 0 Å². The summed E-state index contributed by atoms with van der Waals surface area (Å²) in [5.74, 6) is -2.47. The summed E-state index contributed by atoms with van der Waals surface area (Å²) in [6.07, 6.45) is 0. The van der Waals surface area contributed by atoms with Crippen molar-refractivity contribution in [1.82, 2.24) is 9.55 Å². The van der Waals surface area contributed by atoms with Crippen molar-refractivity contribution in [3.05, 3.63) is 64.5 Å². The van der Waals surface area contributed by atoms with Crippen LogP contribution in [0.3, 0.4) is 0 Å². The highest BCUT2D eigenvalue weighted by molar-refractivity contribution is 7.99. The van der Waals surface area contributed by atoms with E-state index in [1.807, 2.05) is 0 Å². The van der Waals surface area contributed by atoms with Crippen LogP contribution < -0.4 is 10.9 Å². The van der Waals surface area contributed by atoms with E-state index >= 15 is 0 Å². The number of anilines is 1. The number of fused-ring (bicyclic) bond motifs is 1. The number of carbonyl (C=O) groups excluding carboxylic acids is 1. The standard InChI is InChI=1S/C17H13F2N3O2S/c1-22-16(24)11-4-2-3-5-14(11)21-17(22)25-9-15(23)20-10-6-7-12(18)13(19)8-10/h2-8H,9H2,1H3,(H,20,23).